The Hall–Kier alpha value is -1.21. The second-order valence-electron chi connectivity index (χ2n) is 5.30. The molecule has 1 aromatic rings. The minimum atomic E-state index is -0.195. The lowest BCUT2D eigenvalue weighted by Crippen LogP contribution is -2.50. The van der Waals surface area contributed by atoms with Gasteiger partial charge in [-0.2, -0.15) is 16.9 Å². The predicted molar refractivity (Wildman–Crippen MR) is 82.2 cm³/mol. The van der Waals surface area contributed by atoms with Gasteiger partial charge < -0.3 is 15.8 Å². The molecule has 3 N–H and O–H groups in total. The Labute approximate surface area is 124 Å². The maximum atomic E-state index is 8.93. The van der Waals surface area contributed by atoms with Crippen LogP contribution in [-0.4, -0.2) is 56.4 Å². The largest absolute Gasteiger partial charge is 0.409 e. The van der Waals surface area contributed by atoms with Crippen LogP contribution in [0.25, 0.3) is 0 Å². The van der Waals surface area contributed by atoms with Crippen LogP contribution in [0, 0.1) is 0 Å². The van der Waals surface area contributed by atoms with Crippen molar-refractivity contribution in [2.75, 3.05) is 25.9 Å². The van der Waals surface area contributed by atoms with Crippen molar-refractivity contribution < 1.29 is 5.21 Å². The van der Waals surface area contributed by atoms with Gasteiger partial charge in [-0.05, 0) is 44.2 Å². The average Bonchev–Trinajstić information content (AvgIpc) is 2.90. The van der Waals surface area contributed by atoms with E-state index in [1.54, 1.807) is 11.8 Å². The molecule has 112 valence electrons. The third-order valence-corrected chi connectivity index (χ3v) is 5.50. The van der Waals surface area contributed by atoms with E-state index in [0.29, 0.717) is 5.84 Å². The number of amidine groups is 1. The van der Waals surface area contributed by atoms with Gasteiger partial charge in [0.25, 0.3) is 0 Å². The first-order chi connectivity index (χ1) is 9.59. The van der Waals surface area contributed by atoms with E-state index in [0.717, 1.165) is 38.9 Å². The number of hydrogen-bond donors (Lipinski definition) is 2. The molecule has 0 bridgehead atoms. The van der Waals surface area contributed by atoms with Crippen molar-refractivity contribution in [2.24, 2.45) is 17.9 Å². The summed E-state index contributed by atoms with van der Waals surface area (Å²) in [5.41, 5.74) is 7.13. The third kappa shape index (κ3) is 3.27. The van der Waals surface area contributed by atoms with E-state index in [2.05, 4.69) is 21.4 Å². The Morgan fingerprint density at radius 2 is 2.25 bits per heavy atom. The van der Waals surface area contributed by atoms with Gasteiger partial charge in [-0.1, -0.05) is 5.16 Å². The molecule has 1 aromatic heterocycles. The van der Waals surface area contributed by atoms with Crippen molar-refractivity contribution in [2.45, 2.75) is 24.0 Å². The Bertz CT molecular complexity index is 465. The monoisotopic (exact) mass is 297 g/mol. The lowest BCUT2D eigenvalue weighted by Gasteiger charge is -2.39. The van der Waals surface area contributed by atoms with Gasteiger partial charge in [-0.3, -0.25) is 4.68 Å². The third-order valence-electron chi connectivity index (χ3n) is 4.10. The fraction of sp³-hybridized carbons (Fsp3) is 0.692. The van der Waals surface area contributed by atoms with Crippen molar-refractivity contribution in [1.82, 2.24) is 14.7 Å². The van der Waals surface area contributed by atoms with Gasteiger partial charge in [-0.15, -0.1) is 0 Å². The first kappa shape index (κ1) is 15.2. The number of rotatable bonds is 5. The smallest absolute Gasteiger partial charge is 0.155 e. The second kappa shape index (κ2) is 6.49. The lowest BCUT2D eigenvalue weighted by atomic mass is 9.94. The maximum Gasteiger partial charge on any atom is 0.155 e. The standard InChI is InChI=1S/C13H23N5OS/c1-17-10-11(9-15-17)3-6-18-7-4-13(20-2,5-8-18)12(14)16-19/h9-10,19H,3-8H2,1-2H3,(H2,14,16). The average molecular weight is 297 g/mol. The summed E-state index contributed by atoms with van der Waals surface area (Å²) in [7, 11) is 1.94. The first-order valence-corrected chi connectivity index (χ1v) is 8.05. The SMILES string of the molecule is CSC1(C(N)=NO)CCN(CCc2cnn(C)c2)CC1. The summed E-state index contributed by atoms with van der Waals surface area (Å²) in [6.45, 7) is 3.00. The molecular formula is C13H23N5OS. The van der Waals surface area contributed by atoms with E-state index in [1.807, 2.05) is 24.2 Å². The molecule has 7 heteroatoms. The van der Waals surface area contributed by atoms with E-state index in [-0.39, 0.29) is 4.75 Å². The molecule has 0 radical (unpaired) electrons. The zero-order valence-electron chi connectivity index (χ0n) is 12.1. The van der Waals surface area contributed by atoms with E-state index >= 15 is 0 Å². The van der Waals surface area contributed by atoms with Crippen molar-refractivity contribution in [3.63, 3.8) is 0 Å². The lowest BCUT2D eigenvalue weighted by molar-refractivity contribution is 0.219. The molecule has 20 heavy (non-hydrogen) atoms. The number of aryl methyl sites for hydroxylation is 1. The van der Waals surface area contributed by atoms with E-state index in [1.165, 1.54) is 5.56 Å². The van der Waals surface area contributed by atoms with Gasteiger partial charge in [0.1, 0.15) is 0 Å². The molecule has 1 fully saturated rings. The van der Waals surface area contributed by atoms with Crippen LogP contribution in [-0.2, 0) is 13.5 Å². The number of oxime groups is 1. The van der Waals surface area contributed by atoms with Crippen LogP contribution in [0.1, 0.15) is 18.4 Å². The summed E-state index contributed by atoms with van der Waals surface area (Å²) in [6, 6.07) is 0. The number of nitrogens with two attached hydrogens (primary N) is 1. The highest BCUT2D eigenvalue weighted by molar-refractivity contribution is 8.00. The highest BCUT2D eigenvalue weighted by Gasteiger charge is 2.37. The molecule has 0 unspecified atom stereocenters. The van der Waals surface area contributed by atoms with Gasteiger partial charge in [0.2, 0.25) is 0 Å². The topological polar surface area (TPSA) is 79.7 Å². The zero-order valence-corrected chi connectivity index (χ0v) is 12.9. The summed E-state index contributed by atoms with van der Waals surface area (Å²) in [5.74, 6) is 0.358. The Balaban J connectivity index is 1.84. The summed E-state index contributed by atoms with van der Waals surface area (Å²) in [6.07, 6.45) is 8.89. The van der Waals surface area contributed by atoms with Crippen LogP contribution in [0.4, 0.5) is 0 Å². The minimum Gasteiger partial charge on any atom is -0.409 e. The summed E-state index contributed by atoms with van der Waals surface area (Å²) in [4.78, 5) is 2.44. The van der Waals surface area contributed by atoms with Gasteiger partial charge >= 0.3 is 0 Å². The molecule has 0 aromatic carbocycles. The molecule has 0 amide bonds. The van der Waals surface area contributed by atoms with Crippen LogP contribution >= 0.6 is 11.8 Å². The number of thioether (sulfide) groups is 1. The van der Waals surface area contributed by atoms with Crippen LogP contribution in [0.5, 0.6) is 0 Å². The number of piperidine rings is 1. The van der Waals surface area contributed by atoms with E-state index in [9.17, 15) is 0 Å². The number of likely N-dealkylation sites (tertiary alicyclic amines) is 1. The minimum absolute atomic E-state index is 0.195. The van der Waals surface area contributed by atoms with E-state index in [4.69, 9.17) is 10.9 Å². The van der Waals surface area contributed by atoms with Gasteiger partial charge in [0, 0.05) is 19.8 Å². The highest BCUT2D eigenvalue weighted by atomic mass is 32.2. The Morgan fingerprint density at radius 1 is 1.55 bits per heavy atom. The summed E-state index contributed by atoms with van der Waals surface area (Å²) < 4.78 is 1.64. The van der Waals surface area contributed by atoms with Crippen LogP contribution in [0.2, 0.25) is 0 Å². The van der Waals surface area contributed by atoms with Crippen LogP contribution in [0.15, 0.2) is 17.5 Å². The molecule has 1 aliphatic rings. The first-order valence-electron chi connectivity index (χ1n) is 6.82. The fourth-order valence-corrected chi connectivity index (χ4v) is 3.52. The normalized spacial score (nSPS) is 20.2. The van der Waals surface area contributed by atoms with E-state index < -0.39 is 0 Å². The van der Waals surface area contributed by atoms with Crippen LogP contribution < -0.4 is 5.73 Å². The highest BCUT2D eigenvalue weighted by Crippen LogP contribution is 2.34. The van der Waals surface area contributed by atoms with Crippen molar-refractivity contribution in [3.05, 3.63) is 18.0 Å². The Kier molecular flexibility index (Phi) is 4.93. The van der Waals surface area contributed by atoms with Gasteiger partial charge in [0.15, 0.2) is 5.84 Å². The molecule has 0 saturated carbocycles. The molecule has 6 nitrogen and oxygen atoms in total. The second-order valence-corrected chi connectivity index (χ2v) is 6.49. The Morgan fingerprint density at radius 3 is 2.75 bits per heavy atom. The molecule has 1 saturated heterocycles. The maximum absolute atomic E-state index is 8.93. The van der Waals surface area contributed by atoms with Gasteiger partial charge in [-0.25, -0.2) is 0 Å². The molecule has 0 spiro atoms. The fourth-order valence-electron chi connectivity index (χ4n) is 2.68. The van der Waals surface area contributed by atoms with Gasteiger partial charge in [0.05, 0.1) is 10.9 Å². The van der Waals surface area contributed by atoms with Crippen LogP contribution in [0.3, 0.4) is 0 Å². The molecule has 0 aliphatic carbocycles. The molecule has 2 rings (SSSR count). The van der Waals surface area contributed by atoms with Crippen molar-refractivity contribution in [1.29, 1.82) is 0 Å². The zero-order chi connectivity index (χ0) is 14.6. The quantitative estimate of drug-likeness (QED) is 0.365. The number of hydrogen-bond acceptors (Lipinski definition) is 5. The predicted octanol–water partition coefficient (Wildman–Crippen LogP) is 0.907. The number of nitrogens with zero attached hydrogens (tertiary/aromatic N) is 4. The summed E-state index contributed by atoms with van der Waals surface area (Å²) in [5, 5.41) is 16.3. The van der Waals surface area contributed by atoms with Crippen molar-refractivity contribution in [3.8, 4) is 0 Å². The van der Waals surface area contributed by atoms with Crippen molar-refractivity contribution >= 4 is 17.6 Å². The molecule has 2 heterocycles. The summed E-state index contributed by atoms with van der Waals surface area (Å²) >= 11 is 1.69. The number of aromatic nitrogens is 2. The molecule has 0 atom stereocenters. The molecular weight excluding hydrogens is 274 g/mol. The molecule has 1 aliphatic heterocycles.